The van der Waals surface area contributed by atoms with Gasteiger partial charge in [-0.25, -0.2) is 9.59 Å². The van der Waals surface area contributed by atoms with Crippen molar-refractivity contribution < 1.29 is 57.6 Å². The number of halogens is 2. The molecule has 0 bridgehead atoms. The fourth-order valence-corrected chi connectivity index (χ4v) is 3.89. The number of benzene rings is 2. The molecule has 0 radical (unpaired) electrons. The van der Waals surface area contributed by atoms with Gasteiger partial charge in [0.05, 0.1) is 31.7 Å². The smallest absolute Gasteiger partial charge is 0.480 e. The summed E-state index contributed by atoms with van der Waals surface area (Å²) in [6, 6.07) is 7.98. The topological polar surface area (TPSA) is 200 Å². The number of hydrogen-bond acceptors (Lipinski definition) is 12. The Kier molecular flexibility index (Phi) is 16.6. The van der Waals surface area contributed by atoms with E-state index in [2.05, 4.69) is 10.6 Å². The highest BCUT2D eigenvalue weighted by Gasteiger charge is 2.25. The third-order valence-corrected chi connectivity index (χ3v) is 5.81. The number of Topliss-reactive ketones (excluding diaryl/α,β-unsaturated/α-hetero) is 1. The number of aliphatic carboxylic acids is 2. The van der Waals surface area contributed by atoms with Crippen LogP contribution in [0.4, 0.5) is 9.59 Å². The predicted molar refractivity (Wildman–Crippen MR) is 162 cm³/mol. The van der Waals surface area contributed by atoms with E-state index in [1.54, 1.807) is 24.3 Å². The first-order valence-electron chi connectivity index (χ1n) is 13.2. The summed E-state index contributed by atoms with van der Waals surface area (Å²) < 4.78 is 27.1. The van der Waals surface area contributed by atoms with Gasteiger partial charge in [0.15, 0.2) is 28.6 Å². The van der Waals surface area contributed by atoms with Crippen molar-refractivity contribution in [1.82, 2.24) is 10.6 Å². The number of carboxylic acids is 2. The van der Waals surface area contributed by atoms with Gasteiger partial charge < -0.3 is 44.2 Å². The summed E-state index contributed by atoms with van der Waals surface area (Å²) in [6.07, 6.45) is 0.0361. The molecule has 0 aliphatic rings. The number of carbonyl (C=O) groups excluding carboxylic acids is 3. The van der Waals surface area contributed by atoms with Gasteiger partial charge in [0.1, 0.15) is 0 Å². The molecule has 0 unspecified atom stereocenters. The minimum absolute atomic E-state index is 0. The lowest BCUT2D eigenvalue weighted by Gasteiger charge is -2.13. The average molecular weight is 661 g/mol. The molecule has 0 saturated carbocycles. The number of hydrogen-bond donors (Lipinski definition) is 4. The van der Waals surface area contributed by atoms with Crippen molar-refractivity contribution in [3.05, 3.63) is 36.1 Å². The highest BCUT2D eigenvalue weighted by molar-refractivity contribution is 6.12. The van der Waals surface area contributed by atoms with Crippen molar-refractivity contribution in [1.29, 1.82) is 0 Å². The number of furan rings is 1. The molecule has 14 nitrogen and oxygen atoms in total. The van der Waals surface area contributed by atoms with E-state index in [-0.39, 0.29) is 79.3 Å². The van der Waals surface area contributed by atoms with E-state index in [0.717, 1.165) is 0 Å². The van der Waals surface area contributed by atoms with Crippen molar-refractivity contribution in [2.75, 3.05) is 39.4 Å². The Morgan fingerprint density at radius 1 is 0.727 bits per heavy atom. The van der Waals surface area contributed by atoms with E-state index in [9.17, 15) is 24.0 Å². The second-order valence-corrected chi connectivity index (χ2v) is 9.07. The molecule has 4 N–H and O–H groups in total. The number of ketones is 1. The highest BCUT2D eigenvalue weighted by atomic mass is 35.5. The minimum Gasteiger partial charge on any atom is -0.480 e. The summed E-state index contributed by atoms with van der Waals surface area (Å²) in [4.78, 5) is 58.3. The number of carbonyl (C=O) groups is 5. The lowest BCUT2D eigenvalue weighted by Crippen LogP contribution is -2.23. The normalized spacial score (nSPS) is 10.4. The molecule has 0 saturated heterocycles. The van der Waals surface area contributed by atoms with E-state index in [4.69, 9.17) is 33.6 Å². The number of fused-ring (bicyclic) bond motifs is 2. The summed E-state index contributed by atoms with van der Waals surface area (Å²) in [5.41, 5.74) is -0.0129. The Bertz CT molecular complexity index is 1340. The van der Waals surface area contributed by atoms with Crippen LogP contribution in [0.15, 0.2) is 34.7 Å². The molecular formula is C28H34Cl2N2O12. The summed E-state index contributed by atoms with van der Waals surface area (Å²) in [7, 11) is 0. The number of ether oxygens (including phenoxy) is 4. The molecule has 2 aromatic carbocycles. The van der Waals surface area contributed by atoms with Crippen molar-refractivity contribution in [3.8, 4) is 11.5 Å². The Morgan fingerprint density at radius 2 is 1.20 bits per heavy atom. The minimum atomic E-state index is -1.02. The van der Waals surface area contributed by atoms with Crippen LogP contribution in [0.2, 0.25) is 0 Å². The van der Waals surface area contributed by atoms with Crippen LogP contribution in [0.1, 0.15) is 43.2 Å². The summed E-state index contributed by atoms with van der Waals surface area (Å²) in [6.45, 7) is 1.89. The predicted octanol–water partition coefficient (Wildman–Crippen LogP) is 4.57. The van der Waals surface area contributed by atoms with E-state index in [1.807, 2.05) is 0 Å². The molecule has 3 rings (SSSR count). The lowest BCUT2D eigenvalue weighted by atomic mass is 10.1. The van der Waals surface area contributed by atoms with E-state index in [0.29, 0.717) is 49.5 Å². The fourth-order valence-electron chi connectivity index (χ4n) is 3.89. The van der Waals surface area contributed by atoms with Crippen LogP contribution in [0.3, 0.4) is 0 Å². The fraction of sp³-hybridized carbons (Fsp3) is 0.393. The SMILES string of the molecule is CC(=O)c1cc2c(OC(=O)OCCCCNCC(=O)O)c3ccccc3c(OC(=O)OCCCCNCC(=O)O)c2o1.Cl.Cl. The molecule has 44 heavy (non-hydrogen) atoms. The van der Waals surface area contributed by atoms with E-state index >= 15 is 0 Å². The first kappa shape index (κ1) is 37.9. The maximum atomic E-state index is 12.6. The van der Waals surface area contributed by atoms with Gasteiger partial charge in [0.2, 0.25) is 0 Å². The molecule has 3 aromatic rings. The summed E-state index contributed by atoms with van der Waals surface area (Å²) in [5.74, 6) is -2.39. The first-order chi connectivity index (χ1) is 20.2. The monoisotopic (exact) mass is 660 g/mol. The van der Waals surface area contributed by atoms with Crippen LogP contribution in [-0.4, -0.2) is 79.6 Å². The third-order valence-electron chi connectivity index (χ3n) is 5.81. The lowest BCUT2D eigenvalue weighted by molar-refractivity contribution is -0.136. The van der Waals surface area contributed by atoms with Gasteiger partial charge in [-0.1, -0.05) is 24.3 Å². The standard InChI is InChI=1S/C28H32N2O12.2ClH/c1-17(31)21-14-20-24(41-27(36)38-12-6-4-10-29-15-22(32)33)18-8-2-3-9-19(18)25(26(20)40-21)42-28(37)39-13-7-5-11-30-16-23(34)35;;/h2-3,8-9,14,29-30H,4-7,10-13,15-16H2,1H3,(H,32,33)(H,34,35);2*1H. The van der Waals surface area contributed by atoms with Gasteiger partial charge in [-0.2, -0.15) is 0 Å². The number of rotatable bonds is 17. The van der Waals surface area contributed by atoms with Gasteiger partial charge in [-0.3, -0.25) is 14.4 Å². The highest BCUT2D eigenvalue weighted by Crippen LogP contribution is 2.44. The van der Waals surface area contributed by atoms with Crippen LogP contribution in [0, 0.1) is 0 Å². The quantitative estimate of drug-likeness (QED) is 0.0678. The van der Waals surface area contributed by atoms with Crippen molar-refractivity contribution in [2.24, 2.45) is 0 Å². The molecule has 0 atom stereocenters. The maximum absolute atomic E-state index is 12.6. The zero-order valence-corrected chi connectivity index (χ0v) is 25.4. The molecule has 1 heterocycles. The Hall–Kier alpha value is -4.11. The second-order valence-electron chi connectivity index (χ2n) is 9.07. The molecule has 0 aliphatic heterocycles. The Morgan fingerprint density at radius 3 is 1.68 bits per heavy atom. The van der Waals surface area contributed by atoms with Crippen molar-refractivity contribution in [3.63, 3.8) is 0 Å². The second kappa shape index (κ2) is 19.2. The molecule has 1 aromatic heterocycles. The van der Waals surface area contributed by atoms with Crippen LogP contribution in [0.5, 0.6) is 11.5 Å². The zero-order chi connectivity index (χ0) is 30.5. The molecular weight excluding hydrogens is 627 g/mol. The van der Waals surface area contributed by atoms with Crippen LogP contribution in [0.25, 0.3) is 21.7 Å². The van der Waals surface area contributed by atoms with Gasteiger partial charge in [0.25, 0.3) is 0 Å². The Balaban J connectivity index is 0.00000484. The molecule has 0 fully saturated rings. The van der Waals surface area contributed by atoms with Crippen molar-refractivity contribution in [2.45, 2.75) is 32.6 Å². The Labute approximate surface area is 264 Å². The van der Waals surface area contributed by atoms with Gasteiger partial charge in [-0.15, -0.1) is 24.8 Å². The number of carboxylic acid groups (broad SMARTS) is 2. The summed E-state index contributed by atoms with van der Waals surface area (Å²) in [5, 5.41) is 23.6. The largest absolute Gasteiger partial charge is 0.513 e. The number of nitrogens with one attached hydrogen (secondary N) is 2. The zero-order valence-electron chi connectivity index (χ0n) is 23.8. The van der Waals surface area contributed by atoms with Gasteiger partial charge >= 0.3 is 24.2 Å². The average Bonchev–Trinajstić information content (AvgIpc) is 3.39. The molecule has 16 heteroatoms. The molecule has 0 amide bonds. The first-order valence-corrected chi connectivity index (χ1v) is 13.2. The maximum Gasteiger partial charge on any atom is 0.513 e. The van der Waals surface area contributed by atoms with Crippen LogP contribution >= 0.6 is 24.8 Å². The van der Waals surface area contributed by atoms with E-state index < -0.39 is 30.0 Å². The van der Waals surface area contributed by atoms with Crippen LogP contribution in [-0.2, 0) is 19.1 Å². The third kappa shape index (κ3) is 11.5. The molecule has 0 aliphatic carbocycles. The van der Waals surface area contributed by atoms with Gasteiger partial charge in [0, 0.05) is 17.7 Å². The molecule has 0 spiro atoms. The summed E-state index contributed by atoms with van der Waals surface area (Å²) >= 11 is 0. The van der Waals surface area contributed by atoms with E-state index in [1.165, 1.54) is 13.0 Å². The number of unbranched alkanes of at least 4 members (excludes halogenated alkanes) is 2. The van der Waals surface area contributed by atoms with Gasteiger partial charge in [-0.05, 0) is 44.8 Å². The van der Waals surface area contributed by atoms with Crippen LogP contribution < -0.4 is 20.1 Å². The van der Waals surface area contributed by atoms with Crippen molar-refractivity contribution >= 4 is 76.6 Å². The molecule has 242 valence electrons.